The molecule has 116 valence electrons. The van der Waals surface area contributed by atoms with Crippen LogP contribution in [0.3, 0.4) is 0 Å². The van der Waals surface area contributed by atoms with E-state index in [2.05, 4.69) is 4.98 Å². The molecule has 0 aliphatic carbocycles. The Morgan fingerprint density at radius 1 is 1.23 bits per heavy atom. The molecular formula is C17H17F2NO2. The van der Waals surface area contributed by atoms with Gasteiger partial charge in [0.15, 0.2) is 0 Å². The van der Waals surface area contributed by atoms with Crippen molar-refractivity contribution in [2.75, 3.05) is 0 Å². The summed E-state index contributed by atoms with van der Waals surface area (Å²) in [6.07, 6.45) is 2.04. The van der Waals surface area contributed by atoms with Crippen LogP contribution in [-0.4, -0.2) is 17.4 Å². The number of aromatic nitrogens is 1. The van der Waals surface area contributed by atoms with E-state index in [-0.39, 0.29) is 11.8 Å². The SMILES string of the molecule is CC(C)Oc1cc(C=O)ccc1-c1ccc(C(C)(F)F)nc1. The zero-order valence-electron chi connectivity index (χ0n) is 12.6. The Morgan fingerprint density at radius 3 is 2.45 bits per heavy atom. The van der Waals surface area contributed by atoms with Crippen molar-refractivity contribution in [3.63, 3.8) is 0 Å². The molecular weight excluding hydrogens is 288 g/mol. The molecule has 2 aromatic rings. The second-order valence-electron chi connectivity index (χ2n) is 5.36. The largest absolute Gasteiger partial charge is 0.490 e. The van der Waals surface area contributed by atoms with E-state index >= 15 is 0 Å². The molecule has 0 spiro atoms. The number of halogens is 2. The van der Waals surface area contributed by atoms with Crippen molar-refractivity contribution in [2.24, 2.45) is 0 Å². The van der Waals surface area contributed by atoms with Gasteiger partial charge in [-0.15, -0.1) is 0 Å². The first kappa shape index (κ1) is 16.1. The van der Waals surface area contributed by atoms with Gasteiger partial charge >= 0.3 is 0 Å². The highest BCUT2D eigenvalue weighted by Gasteiger charge is 2.25. The fourth-order valence-corrected chi connectivity index (χ4v) is 2.02. The molecule has 0 bridgehead atoms. The van der Waals surface area contributed by atoms with E-state index in [1.165, 1.54) is 12.3 Å². The van der Waals surface area contributed by atoms with Gasteiger partial charge in [-0.05, 0) is 32.0 Å². The molecule has 0 saturated heterocycles. The molecule has 3 nitrogen and oxygen atoms in total. The number of rotatable bonds is 5. The highest BCUT2D eigenvalue weighted by atomic mass is 19.3. The second kappa shape index (κ2) is 6.22. The average molecular weight is 305 g/mol. The molecule has 0 aliphatic heterocycles. The van der Waals surface area contributed by atoms with Crippen molar-refractivity contribution in [1.82, 2.24) is 4.98 Å². The first-order chi connectivity index (χ1) is 10.3. The van der Waals surface area contributed by atoms with Gasteiger partial charge < -0.3 is 4.74 Å². The van der Waals surface area contributed by atoms with E-state index < -0.39 is 5.92 Å². The molecule has 0 amide bonds. The molecule has 22 heavy (non-hydrogen) atoms. The average Bonchev–Trinajstić information content (AvgIpc) is 2.46. The maximum Gasteiger partial charge on any atom is 0.286 e. The Balaban J connectivity index is 2.45. The van der Waals surface area contributed by atoms with Crippen molar-refractivity contribution in [3.8, 4) is 16.9 Å². The summed E-state index contributed by atoms with van der Waals surface area (Å²) < 4.78 is 32.1. The number of hydrogen-bond donors (Lipinski definition) is 0. The van der Waals surface area contributed by atoms with Crippen molar-refractivity contribution >= 4 is 6.29 Å². The molecule has 5 heteroatoms. The number of hydrogen-bond acceptors (Lipinski definition) is 3. The lowest BCUT2D eigenvalue weighted by Crippen LogP contribution is -2.09. The van der Waals surface area contributed by atoms with Crippen LogP contribution < -0.4 is 4.74 Å². The predicted octanol–water partition coefficient (Wildman–Crippen LogP) is 4.46. The minimum Gasteiger partial charge on any atom is -0.490 e. The molecule has 2 rings (SSSR count). The summed E-state index contributed by atoms with van der Waals surface area (Å²) in [5.74, 6) is -2.45. The lowest BCUT2D eigenvalue weighted by molar-refractivity contribution is 0.0128. The van der Waals surface area contributed by atoms with Gasteiger partial charge in [0, 0.05) is 29.8 Å². The minimum absolute atomic E-state index is 0.0761. The Labute approximate surface area is 128 Å². The normalized spacial score (nSPS) is 11.5. The van der Waals surface area contributed by atoms with E-state index in [1.807, 2.05) is 13.8 Å². The smallest absolute Gasteiger partial charge is 0.286 e. The van der Waals surface area contributed by atoms with E-state index in [0.29, 0.717) is 22.4 Å². The number of ether oxygens (including phenoxy) is 1. The number of alkyl halides is 2. The molecule has 0 saturated carbocycles. The Bertz CT molecular complexity index is 661. The maximum atomic E-state index is 13.2. The Morgan fingerprint density at radius 2 is 1.95 bits per heavy atom. The topological polar surface area (TPSA) is 39.2 Å². The Hall–Kier alpha value is -2.30. The maximum absolute atomic E-state index is 13.2. The molecule has 0 fully saturated rings. The van der Waals surface area contributed by atoms with Gasteiger partial charge in [0.05, 0.1) is 6.10 Å². The lowest BCUT2D eigenvalue weighted by atomic mass is 10.0. The first-order valence-corrected chi connectivity index (χ1v) is 6.92. The summed E-state index contributed by atoms with van der Waals surface area (Å²) in [6, 6.07) is 7.87. The van der Waals surface area contributed by atoms with Gasteiger partial charge in [-0.2, -0.15) is 8.78 Å². The number of aldehydes is 1. The molecule has 0 N–H and O–H groups in total. The van der Waals surface area contributed by atoms with Crippen LogP contribution in [0.5, 0.6) is 5.75 Å². The van der Waals surface area contributed by atoms with Gasteiger partial charge in [0.25, 0.3) is 5.92 Å². The van der Waals surface area contributed by atoms with Crippen LogP contribution >= 0.6 is 0 Å². The number of carbonyl (C=O) groups is 1. The van der Waals surface area contributed by atoms with Crippen LogP contribution in [0.1, 0.15) is 36.8 Å². The summed E-state index contributed by atoms with van der Waals surface area (Å²) in [5.41, 5.74) is 1.56. The van der Waals surface area contributed by atoms with Gasteiger partial charge in [0.2, 0.25) is 0 Å². The monoisotopic (exact) mass is 305 g/mol. The quantitative estimate of drug-likeness (QED) is 0.766. The molecule has 1 aromatic heterocycles. The number of nitrogens with zero attached hydrogens (tertiary/aromatic N) is 1. The molecule has 0 unspecified atom stereocenters. The number of benzene rings is 1. The van der Waals surface area contributed by atoms with Crippen molar-refractivity contribution in [3.05, 3.63) is 47.8 Å². The van der Waals surface area contributed by atoms with Crippen LogP contribution in [0.25, 0.3) is 11.1 Å². The zero-order chi connectivity index (χ0) is 16.3. The number of carbonyl (C=O) groups excluding carboxylic acids is 1. The highest BCUT2D eigenvalue weighted by Crippen LogP contribution is 2.33. The van der Waals surface area contributed by atoms with E-state index in [9.17, 15) is 13.6 Å². The molecule has 1 aromatic carbocycles. The number of pyridine rings is 1. The summed E-state index contributed by atoms with van der Waals surface area (Å²) in [6.45, 7) is 4.55. The van der Waals surface area contributed by atoms with E-state index in [1.54, 1.807) is 24.3 Å². The summed E-state index contributed by atoms with van der Waals surface area (Å²) in [7, 11) is 0. The lowest BCUT2D eigenvalue weighted by Gasteiger charge is -2.15. The Kier molecular flexibility index (Phi) is 4.54. The molecule has 0 aliphatic rings. The summed E-state index contributed by atoms with van der Waals surface area (Å²) in [4.78, 5) is 14.7. The molecule has 0 atom stereocenters. The fourth-order valence-electron chi connectivity index (χ4n) is 2.02. The summed E-state index contributed by atoms with van der Waals surface area (Å²) in [5, 5.41) is 0. The van der Waals surface area contributed by atoms with Crippen LogP contribution in [0.15, 0.2) is 36.5 Å². The van der Waals surface area contributed by atoms with Gasteiger partial charge in [-0.25, -0.2) is 0 Å². The van der Waals surface area contributed by atoms with Gasteiger partial charge in [-0.1, -0.05) is 12.1 Å². The van der Waals surface area contributed by atoms with Crippen LogP contribution in [0.4, 0.5) is 8.78 Å². The van der Waals surface area contributed by atoms with Crippen molar-refractivity contribution in [2.45, 2.75) is 32.8 Å². The first-order valence-electron chi connectivity index (χ1n) is 6.92. The third-order valence-corrected chi connectivity index (χ3v) is 3.03. The van der Waals surface area contributed by atoms with Gasteiger partial charge in [0.1, 0.15) is 17.7 Å². The van der Waals surface area contributed by atoms with Crippen molar-refractivity contribution < 1.29 is 18.3 Å². The predicted molar refractivity (Wildman–Crippen MR) is 80.4 cm³/mol. The third kappa shape index (κ3) is 3.67. The standard InChI is InChI=1S/C17H17F2NO2/c1-11(2)22-15-8-12(10-21)4-6-14(15)13-5-7-16(20-9-13)17(3,18)19/h4-11H,1-3H3. The molecule has 1 heterocycles. The second-order valence-corrected chi connectivity index (χ2v) is 5.36. The van der Waals surface area contributed by atoms with Crippen LogP contribution in [-0.2, 0) is 5.92 Å². The third-order valence-electron chi connectivity index (χ3n) is 3.03. The van der Waals surface area contributed by atoms with Crippen molar-refractivity contribution in [1.29, 1.82) is 0 Å². The zero-order valence-corrected chi connectivity index (χ0v) is 12.6. The molecule has 0 radical (unpaired) electrons. The summed E-state index contributed by atoms with van der Waals surface area (Å²) >= 11 is 0. The highest BCUT2D eigenvalue weighted by molar-refractivity contribution is 5.80. The van der Waals surface area contributed by atoms with Gasteiger partial charge in [-0.3, -0.25) is 9.78 Å². The fraction of sp³-hybridized carbons (Fsp3) is 0.294. The van der Waals surface area contributed by atoms with E-state index in [0.717, 1.165) is 13.2 Å². The van der Waals surface area contributed by atoms with Crippen LogP contribution in [0, 0.1) is 0 Å². The minimum atomic E-state index is -2.98. The van der Waals surface area contributed by atoms with E-state index in [4.69, 9.17) is 4.74 Å². The van der Waals surface area contributed by atoms with Crippen LogP contribution in [0.2, 0.25) is 0 Å².